The van der Waals surface area contributed by atoms with Crippen LogP contribution in [0, 0.1) is 5.92 Å². The Morgan fingerprint density at radius 2 is 1.92 bits per heavy atom. The second-order valence-corrected chi connectivity index (χ2v) is 10.8. The number of nitrogens with zero attached hydrogens (tertiary/aromatic N) is 6. The van der Waals surface area contributed by atoms with Crippen LogP contribution in [-0.4, -0.2) is 68.7 Å². The van der Waals surface area contributed by atoms with Gasteiger partial charge >= 0.3 is 6.18 Å². The predicted octanol–water partition coefficient (Wildman–Crippen LogP) is 6.21. The van der Waals surface area contributed by atoms with Crippen LogP contribution in [0.1, 0.15) is 44.0 Å². The standard InChI is InChI=1S/C28H31F3N6OS/c1-4-35(5-2)18(3)8-9-24(38)19-13-23(33-26(14-19)36-16-20(17-36)28(29,30)31)21-15-32-37-11-10-22(34-27(21)37)25-7-6-12-39-25/h6-7,10-15,18,20H,4-5,8-9,16-17H2,1-3H3/t18-/m0/s1. The van der Waals surface area contributed by atoms with Crippen molar-refractivity contribution in [2.75, 3.05) is 31.1 Å². The van der Waals surface area contributed by atoms with Crippen LogP contribution < -0.4 is 4.90 Å². The molecule has 4 aromatic heterocycles. The number of fused-ring (bicyclic) bond motifs is 1. The molecule has 11 heteroatoms. The SMILES string of the molecule is CCN(CC)[C@@H](C)CCC(=O)c1cc(-c2cnn3ccc(-c4cccs4)nc23)nc(N2CC(C(F)(F)F)C2)c1. The van der Waals surface area contributed by atoms with Crippen molar-refractivity contribution in [3.05, 3.63) is 53.7 Å². The summed E-state index contributed by atoms with van der Waals surface area (Å²) < 4.78 is 41.3. The number of pyridine rings is 1. The molecule has 0 aliphatic carbocycles. The first kappa shape index (κ1) is 27.3. The molecular formula is C28H31F3N6OS. The monoisotopic (exact) mass is 556 g/mol. The third kappa shape index (κ3) is 5.69. The number of anilines is 1. The van der Waals surface area contributed by atoms with Crippen molar-refractivity contribution in [1.29, 1.82) is 0 Å². The third-order valence-electron chi connectivity index (χ3n) is 7.45. The van der Waals surface area contributed by atoms with Crippen LogP contribution >= 0.6 is 11.3 Å². The minimum Gasteiger partial charge on any atom is -0.355 e. The van der Waals surface area contributed by atoms with Crippen molar-refractivity contribution in [3.8, 4) is 21.8 Å². The molecule has 0 radical (unpaired) electrons. The summed E-state index contributed by atoms with van der Waals surface area (Å²) in [6.07, 6.45) is 0.224. The van der Waals surface area contributed by atoms with E-state index < -0.39 is 12.1 Å². The number of carbonyl (C=O) groups is 1. The molecule has 0 spiro atoms. The fourth-order valence-corrected chi connectivity index (χ4v) is 5.67. The van der Waals surface area contributed by atoms with Gasteiger partial charge in [0, 0.05) is 37.3 Å². The summed E-state index contributed by atoms with van der Waals surface area (Å²) in [5, 5.41) is 6.38. The van der Waals surface area contributed by atoms with Crippen LogP contribution in [-0.2, 0) is 0 Å². The summed E-state index contributed by atoms with van der Waals surface area (Å²) in [5.41, 5.74) is 2.87. The number of halogens is 3. The molecule has 0 saturated carbocycles. The molecular weight excluding hydrogens is 525 g/mol. The fraction of sp³-hybridized carbons (Fsp3) is 0.429. The molecule has 1 atom stereocenters. The van der Waals surface area contributed by atoms with Crippen LogP contribution in [0.5, 0.6) is 0 Å². The average molecular weight is 557 g/mol. The molecule has 0 N–H and O–H groups in total. The molecule has 39 heavy (non-hydrogen) atoms. The molecule has 1 saturated heterocycles. The van der Waals surface area contributed by atoms with E-state index in [2.05, 4.69) is 30.8 Å². The lowest BCUT2D eigenvalue weighted by Gasteiger charge is -2.41. The number of ketones is 1. The van der Waals surface area contributed by atoms with E-state index in [9.17, 15) is 18.0 Å². The Morgan fingerprint density at radius 1 is 1.15 bits per heavy atom. The van der Waals surface area contributed by atoms with Gasteiger partial charge in [0.1, 0.15) is 5.82 Å². The predicted molar refractivity (Wildman–Crippen MR) is 147 cm³/mol. The van der Waals surface area contributed by atoms with Gasteiger partial charge in [-0.05, 0) is 56.1 Å². The molecule has 0 unspecified atom stereocenters. The van der Waals surface area contributed by atoms with E-state index in [1.165, 1.54) is 0 Å². The summed E-state index contributed by atoms with van der Waals surface area (Å²) in [5.74, 6) is -1.10. The number of alkyl halides is 3. The maximum atomic E-state index is 13.4. The van der Waals surface area contributed by atoms with E-state index >= 15 is 0 Å². The van der Waals surface area contributed by atoms with E-state index in [1.54, 1.807) is 39.1 Å². The number of Topliss-reactive ketones (excluding diaryl/α,β-unsaturated/α-hetero) is 1. The first-order valence-corrected chi connectivity index (χ1v) is 14.1. The van der Waals surface area contributed by atoms with E-state index in [4.69, 9.17) is 9.97 Å². The normalized spacial score (nSPS) is 15.2. The van der Waals surface area contributed by atoms with Gasteiger partial charge in [0.05, 0.1) is 33.9 Å². The highest BCUT2D eigenvalue weighted by Crippen LogP contribution is 2.37. The summed E-state index contributed by atoms with van der Waals surface area (Å²) in [7, 11) is 0. The fourth-order valence-electron chi connectivity index (χ4n) is 4.97. The lowest BCUT2D eigenvalue weighted by molar-refractivity contribution is -0.180. The highest BCUT2D eigenvalue weighted by molar-refractivity contribution is 7.13. The van der Waals surface area contributed by atoms with Gasteiger partial charge in [-0.25, -0.2) is 14.5 Å². The quantitative estimate of drug-likeness (QED) is 0.216. The Kier molecular flexibility index (Phi) is 7.73. The summed E-state index contributed by atoms with van der Waals surface area (Å²) >= 11 is 1.57. The van der Waals surface area contributed by atoms with Crippen molar-refractivity contribution in [2.24, 2.45) is 5.92 Å². The molecule has 0 bridgehead atoms. The second kappa shape index (κ2) is 11.1. The topological polar surface area (TPSA) is 66.6 Å². The van der Waals surface area contributed by atoms with Crippen molar-refractivity contribution in [2.45, 2.75) is 45.8 Å². The highest BCUT2D eigenvalue weighted by Gasteiger charge is 2.47. The molecule has 4 aromatic rings. The van der Waals surface area contributed by atoms with Gasteiger partial charge in [-0.3, -0.25) is 4.79 Å². The Balaban J connectivity index is 1.49. The molecule has 1 aliphatic rings. The average Bonchev–Trinajstić information content (AvgIpc) is 3.56. The Bertz CT molecular complexity index is 1440. The third-order valence-corrected chi connectivity index (χ3v) is 8.34. The molecule has 1 fully saturated rings. The van der Waals surface area contributed by atoms with Crippen LogP contribution in [0.15, 0.2) is 48.1 Å². The molecule has 5 rings (SSSR count). The van der Waals surface area contributed by atoms with Crippen LogP contribution in [0.25, 0.3) is 27.5 Å². The number of thiophene rings is 1. The van der Waals surface area contributed by atoms with Gasteiger partial charge in [0.15, 0.2) is 11.4 Å². The molecule has 5 heterocycles. The van der Waals surface area contributed by atoms with Crippen LogP contribution in [0.3, 0.4) is 0 Å². The van der Waals surface area contributed by atoms with Crippen molar-refractivity contribution in [3.63, 3.8) is 0 Å². The van der Waals surface area contributed by atoms with Gasteiger partial charge in [0.25, 0.3) is 0 Å². The van der Waals surface area contributed by atoms with E-state index in [1.807, 2.05) is 29.8 Å². The minimum absolute atomic E-state index is 0.0597. The highest BCUT2D eigenvalue weighted by atomic mass is 32.1. The van der Waals surface area contributed by atoms with E-state index in [0.29, 0.717) is 41.1 Å². The smallest absolute Gasteiger partial charge is 0.355 e. The van der Waals surface area contributed by atoms with Crippen LogP contribution in [0.4, 0.5) is 19.0 Å². The zero-order chi connectivity index (χ0) is 27.7. The van der Waals surface area contributed by atoms with E-state index in [0.717, 1.165) is 23.7 Å². The molecule has 7 nitrogen and oxygen atoms in total. The summed E-state index contributed by atoms with van der Waals surface area (Å²) in [4.78, 5) is 27.7. The van der Waals surface area contributed by atoms with Crippen LogP contribution in [0.2, 0.25) is 0 Å². The molecule has 0 amide bonds. The Labute approximate surface area is 229 Å². The lowest BCUT2D eigenvalue weighted by atomic mass is 9.98. The van der Waals surface area contributed by atoms with Gasteiger partial charge in [0.2, 0.25) is 0 Å². The number of carbonyl (C=O) groups excluding carboxylic acids is 1. The van der Waals surface area contributed by atoms with Crippen molar-refractivity contribution < 1.29 is 18.0 Å². The number of hydrogen-bond acceptors (Lipinski definition) is 7. The van der Waals surface area contributed by atoms with Gasteiger partial charge in [-0.15, -0.1) is 11.3 Å². The molecule has 1 aliphatic heterocycles. The zero-order valence-electron chi connectivity index (χ0n) is 22.1. The Morgan fingerprint density at radius 3 is 2.59 bits per heavy atom. The van der Waals surface area contributed by atoms with E-state index in [-0.39, 0.29) is 24.9 Å². The van der Waals surface area contributed by atoms with Crippen molar-refractivity contribution >= 4 is 28.6 Å². The van der Waals surface area contributed by atoms with Crippen molar-refractivity contribution in [1.82, 2.24) is 24.5 Å². The summed E-state index contributed by atoms with van der Waals surface area (Å²) in [6.45, 7) is 7.75. The first-order chi connectivity index (χ1) is 18.7. The summed E-state index contributed by atoms with van der Waals surface area (Å²) in [6, 6.07) is 9.39. The van der Waals surface area contributed by atoms with Gasteiger partial charge in [-0.2, -0.15) is 18.3 Å². The number of aromatic nitrogens is 4. The maximum Gasteiger partial charge on any atom is 0.395 e. The number of rotatable bonds is 10. The molecule has 206 valence electrons. The van der Waals surface area contributed by atoms with Gasteiger partial charge in [-0.1, -0.05) is 19.9 Å². The largest absolute Gasteiger partial charge is 0.395 e. The maximum absolute atomic E-state index is 13.4. The minimum atomic E-state index is -4.25. The second-order valence-electron chi connectivity index (χ2n) is 9.89. The lowest BCUT2D eigenvalue weighted by Crippen LogP contribution is -2.53. The molecule has 0 aromatic carbocycles. The Hall–Kier alpha value is -3.31. The van der Waals surface area contributed by atoms with Gasteiger partial charge < -0.3 is 9.80 Å². The number of hydrogen-bond donors (Lipinski definition) is 0. The first-order valence-electron chi connectivity index (χ1n) is 13.2. The zero-order valence-corrected chi connectivity index (χ0v) is 23.0.